The molecule has 1 aliphatic rings. The Morgan fingerprint density at radius 1 is 1.31 bits per heavy atom. The van der Waals surface area contributed by atoms with E-state index in [1.54, 1.807) is 24.3 Å². The number of nitrogens with one attached hydrogen (secondary N) is 1. The van der Waals surface area contributed by atoms with Crippen LogP contribution in [0.1, 0.15) is 11.6 Å². The number of hydrogen-bond donors (Lipinski definition) is 3. The monoisotopic (exact) mass is 223 g/mol. The van der Waals surface area contributed by atoms with Gasteiger partial charge in [-0.3, -0.25) is 10.1 Å². The average molecular weight is 223 g/mol. The van der Waals surface area contributed by atoms with Crippen LogP contribution >= 0.6 is 0 Å². The molecule has 5 heteroatoms. The van der Waals surface area contributed by atoms with Gasteiger partial charge in [-0.05, 0) is 17.7 Å². The fourth-order valence-electron chi connectivity index (χ4n) is 1.68. The number of aliphatic carboxylic acids is 1. The van der Waals surface area contributed by atoms with Crippen molar-refractivity contribution in [3.8, 4) is 5.75 Å². The molecule has 0 aromatic heterocycles. The molecular formula is C11H13NO4. The van der Waals surface area contributed by atoms with Crippen LogP contribution in [0, 0.1) is 0 Å². The number of phenols is 1. The molecule has 86 valence electrons. The second kappa shape index (κ2) is 4.51. The first-order chi connectivity index (χ1) is 7.66. The summed E-state index contributed by atoms with van der Waals surface area (Å²) in [6.45, 7) is 0.623. The summed E-state index contributed by atoms with van der Waals surface area (Å²) in [4.78, 5) is 10.8. The van der Waals surface area contributed by atoms with Crippen LogP contribution in [-0.2, 0) is 9.53 Å². The summed E-state index contributed by atoms with van der Waals surface area (Å²) in [5.74, 6) is -0.723. The second-order valence-electron chi connectivity index (χ2n) is 3.74. The molecule has 2 atom stereocenters. The standard InChI is InChI=1S/C11H13NO4/c13-8-3-1-7(2-4-8)9-5-16-6-10(12-9)11(14)15/h1-4,9-10,12-13H,5-6H2,(H,14,15). The molecule has 0 radical (unpaired) electrons. The van der Waals surface area contributed by atoms with Gasteiger partial charge in [0.15, 0.2) is 0 Å². The van der Waals surface area contributed by atoms with Gasteiger partial charge >= 0.3 is 5.97 Å². The lowest BCUT2D eigenvalue weighted by Crippen LogP contribution is -2.48. The number of carboxylic acids is 1. The van der Waals surface area contributed by atoms with Crippen molar-refractivity contribution in [2.75, 3.05) is 13.2 Å². The minimum atomic E-state index is -0.913. The number of ether oxygens (including phenoxy) is 1. The number of carbonyl (C=O) groups is 1. The predicted molar refractivity (Wildman–Crippen MR) is 56.2 cm³/mol. The van der Waals surface area contributed by atoms with E-state index < -0.39 is 12.0 Å². The van der Waals surface area contributed by atoms with E-state index in [9.17, 15) is 4.79 Å². The number of aromatic hydroxyl groups is 1. The second-order valence-corrected chi connectivity index (χ2v) is 3.74. The quantitative estimate of drug-likeness (QED) is 0.680. The number of phenolic OH excluding ortho intramolecular Hbond substituents is 1. The van der Waals surface area contributed by atoms with Crippen molar-refractivity contribution in [3.05, 3.63) is 29.8 Å². The van der Waals surface area contributed by atoms with Crippen LogP contribution in [0.15, 0.2) is 24.3 Å². The van der Waals surface area contributed by atoms with E-state index in [2.05, 4.69) is 5.32 Å². The van der Waals surface area contributed by atoms with Gasteiger partial charge in [0.1, 0.15) is 11.8 Å². The fourth-order valence-corrected chi connectivity index (χ4v) is 1.68. The highest BCUT2D eigenvalue weighted by atomic mass is 16.5. The molecule has 0 amide bonds. The van der Waals surface area contributed by atoms with E-state index >= 15 is 0 Å². The Morgan fingerprint density at radius 3 is 2.62 bits per heavy atom. The molecule has 1 saturated heterocycles. The zero-order valence-corrected chi connectivity index (χ0v) is 8.59. The Hall–Kier alpha value is -1.59. The van der Waals surface area contributed by atoms with Crippen LogP contribution < -0.4 is 5.32 Å². The van der Waals surface area contributed by atoms with Gasteiger partial charge in [-0.25, -0.2) is 0 Å². The van der Waals surface area contributed by atoms with Crippen LogP contribution in [0.3, 0.4) is 0 Å². The highest BCUT2D eigenvalue weighted by molar-refractivity contribution is 5.73. The van der Waals surface area contributed by atoms with Crippen LogP contribution in [0.4, 0.5) is 0 Å². The molecule has 0 saturated carbocycles. The van der Waals surface area contributed by atoms with E-state index in [4.69, 9.17) is 14.9 Å². The van der Waals surface area contributed by atoms with E-state index in [0.717, 1.165) is 5.56 Å². The summed E-state index contributed by atoms with van der Waals surface area (Å²) >= 11 is 0. The van der Waals surface area contributed by atoms with Gasteiger partial charge in [0.2, 0.25) is 0 Å². The van der Waals surface area contributed by atoms with Crippen LogP contribution in [0.25, 0.3) is 0 Å². The number of rotatable bonds is 2. The Bertz CT molecular complexity index is 376. The first kappa shape index (κ1) is 10.9. The van der Waals surface area contributed by atoms with Crippen molar-refractivity contribution < 1.29 is 19.7 Å². The van der Waals surface area contributed by atoms with E-state index in [1.165, 1.54) is 0 Å². The number of hydrogen-bond acceptors (Lipinski definition) is 4. The van der Waals surface area contributed by atoms with Gasteiger partial charge in [0.25, 0.3) is 0 Å². The molecule has 1 aromatic rings. The van der Waals surface area contributed by atoms with Gasteiger partial charge < -0.3 is 14.9 Å². The summed E-state index contributed by atoms with van der Waals surface area (Å²) in [6, 6.07) is 5.83. The third-order valence-corrected chi connectivity index (χ3v) is 2.56. The fraction of sp³-hybridized carbons (Fsp3) is 0.364. The zero-order chi connectivity index (χ0) is 11.5. The first-order valence-electron chi connectivity index (χ1n) is 5.02. The highest BCUT2D eigenvalue weighted by Gasteiger charge is 2.27. The Kier molecular flexibility index (Phi) is 3.07. The smallest absolute Gasteiger partial charge is 0.323 e. The SMILES string of the molecule is O=C(O)C1COCC(c2ccc(O)cc2)N1. The van der Waals surface area contributed by atoms with Gasteiger partial charge in [0.05, 0.1) is 19.3 Å². The third-order valence-electron chi connectivity index (χ3n) is 2.56. The lowest BCUT2D eigenvalue weighted by Gasteiger charge is -2.29. The van der Waals surface area contributed by atoms with Crippen LogP contribution in [0.2, 0.25) is 0 Å². The molecule has 1 heterocycles. The molecule has 2 rings (SSSR count). The minimum Gasteiger partial charge on any atom is -0.508 e. The molecular weight excluding hydrogens is 210 g/mol. The predicted octanol–water partition coefficient (Wildman–Crippen LogP) is 0.506. The zero-order valence-electron chi connectivity index (χ0n) is 8.59. The normalized spacial score (nSPS) is 25.2. The van der Waals surface area contributed by atoms with Crippen molar-refractivity contribution in [2.45, 2.75) is 12.1 Å². The van der Waals surface area contributed by atoms with Crippen molar-refractivity contribution in [2.24, 2.45) is 0 Å². The molecule has 3 N–H and O–H groups in total. The molecule has 1 aromatic carbocycles. The van der Waals surface area contributed by atoms with Crippen molar-refractivity contribution in [1.29, 1.82) is 0 Å². The van der Waals surface area contributed by atoms with Gasteiger partial charge in [-0.15, -0.1) is 0 Å². The molecule has 1 fully saturated rings. The first-order valence-corrected chi connectivity index (χ1v) is 5.02. The summed E-state index contributed by atoms with van der Waals surface area (Å²) < 4.78 is 5.23. The molecule has 5 nitrogen and oxygen atoms in total. The summed E-state index contributed by atoms with van der Waals surface area (Å²) in [5, 5.41) is 21.0. The number of morpholine rings is 1. The van der Waals surface area contributed by atoms with Gasteiger partial charge in [-0.2, -0.15) is 0 Å². The van der Waals surface area contributed by atoms with E-state index in [-0.39, 0.29) is 18.4 Å². The summed E-state index contributed by atoms with van der Waals surface area (Å²) in [7, 11) is 0. The Labute approximate surface area is 92.7 Å². The number of benzene rings is 1. The number of carboxylic acid groups (broad SMARTS) is 1. The maximum absolute atomic E-state index is 10.8. The highest BCUT2D eigenvalue weighted by Crippen LogP contribution is 2.20. The van der Waals surface area contributed by atoms with Crippen LogP contribution in [-0.4, -0.2) is 35.4 Å². The lowest BCUT2D eigenvalue weighted by atomic mass is 10.1. The average Bonchev–Trinajstić information content (AvgIpc) is 2.30. The topological polar surface area (TPSA) is 78.8 Å². The maximum Gasteiger partial charge on any atom is 0.323 e. The van der Waals surface area contributed by atoms with E-state index in [1.807, 2.05) is 0 Å². The molecule has 0 spiro atoms. The van der Waals surface area contributed by atoms with Gasteiger partial charge in [-0.1, -0.05) is 12.1 Å². The van der Waals surface area contributed by atoms with Gasteiger partial charge in [0, 0.05) is 0 Å². The molecule has 1 aliphatic heterocycles. The van der Waals surface area contributed by atoms with E-state index in [0.29, 0.717) is 6.61 Å². The third kappa shape index (κ3) is 2.32. The molecule has 0 aliphatic carbocycles. The Balaban J connectivity index is 2.09. The van der Waals surface area contributed by atoms with Crippen molar-refractivity contribution >= 4 is 5.97 Å². The van der Waals surface area contributed by atoms with Crippen molar-refractivity contribution in [3.63, 3.8) is 0 Å². The minimum absolute atomic E-state index is 0.143. The maximum atomic E-state index is 10.8. The lowest BCUT2D eigenvalue weighted by molar-refractivity contribution is -0.143. The Morgan fingerprint density at radius 2 is 2.00 bits per heavy atom. The largest absolute Gasteiger partial charge is 0.508 e. The molecule has 2 unspecified atom stereocenters. The molecule has 0 bridgehead atoms. The summed E-state index contributed by atoms with van der Waals surface area (Å²) in [6.07, 6.45) is 0. The van der Waals surface area contributed by atoms with Crippen molar-refractivity contribution in [1.82, 2.24) is 5.32 Å². The molecule has 16 heavy (non-hydrogen) atoms. The van der Waals surface area contributed by atoms with Crippen LogP contribution in [0.5, 0.6) is 5.75 Å². The summed E-state index contributed by atoms with van der Waals surface area (Å²) in [5.41, 5.74) is 0.906.